The average Bonchev–Trinajstić information content (AvgIpc) is 2.34. The highest BCUT2D eigenvalue weighted by atomic mass is 35.5. The summed E-state index contributed by atoms with van der Waals surface area (Å²) in [7, 11) is 1.69. The quantitative estimate of drug-likeness (QED) is 0.723. The molecule has 0 spiro atoms. The van der Waals surface area contributed by atoms with Crippen molar-refractivity contribution in [2.24, 2.45) is 0 Å². The highest BCUT2D eigenvalue weighted by Crippen LogP contribution is 2.10. The van der Waals surface area contributed by atoms with Crippen LogP contribution in [0.4, 0.5) is 0 Å². The summed E-state index contributed by atoms with van der Waals surface area (Å²) in [5, 5.41) is 6.72. The van der Waals surface area contributed by atoms with Crippen LogP contribution >= 0.6 is 24.8 Å². The Morgan fingerprint density at radius 2 is 1.61 bits per heavy atom. The highest BCUT2D eigenvalue weighted by molar-refractivity contribution is 5.85. The van der Waals surface area contributed by atoms with E-state index < -0.39 is 0 Å². The van der Waals surface area contributed by atoms with E-state index in [1.807, 2.05) is 12.1 Å². The summed E-state index contributed by atoms with van der Waals surface area (Å²) in [6.07, 6.45) is 1.17. The van der Waals surface area contributed by atoms with Crippen molar-refractivity contribution in [2.45, 2.75) is 19.9 Å². The fourth-order valence-electron chi connectivity index (χ4n) is 1.49. The maximum absolute atomic E-state index is 5.11. The van der Waals surface area contributed by atoms with E-state index in [4.69, 9.17) is 4.74 Å². The SMILES string of the molecule is CCNCCCNCc1ccc(OC)cc1.Cl.Cl. The minimum absolute atomic E-state index is 0. The third kappa shape index (κ3) is 8.59. The summed E-state index contributed by atoms with van der Waals surface area (Å²) in [6.45, 7) is 6.25. The van der Waals surface area contributed by atoms with Crippen LogP contribution in [-0.2, 0) is 6.54 Å². The predicted molar refractivity (Wildman–Crippen MR) is 82.4 cm³/mol. The molecule has 0 heterocycles. The van der Waals surface area contributed by atoms with Crippen LogP contribution in [0.25, 0.3) is 0 Å². The normalized spacial score (nSPS) is 9.22. The van der Waals surface area contributed by atoms with E-state index in [2.05, 4.69) is 29.7 Å². The van der Waals surface area contributed by atoms with E-state index >= 15 is 0 Å². The Balaban J connectivity index is 0. The van der Waals surface area contributed by atoms with Crippen LogP contribution in [0.3, 0.4) is 0 Å². The van der Waals surface area contributed by atoms with Gasteiger partial charge in [0.15, 0.2) is 0 Å². The van der Waals surface area contributed by atoms with E-state index in [0.717, 1.165) is 31.9 Å². The molecule has 0 saturated heterocycles. The van der Waals surface area contributed by atoms with E-state index in [9.17, 15) is 0 Å². The number of nitrogens with one attached hydrogen (secondary N) is 2. The topological polar surface area (TPSA) is 33.3 Å². The Hall–Kier alpha value is -0.480. The molecule has 1 aromatic rings. The first-order chi connectivity index (χ1) is 7.86. The zero-order chi connectivity index (χ0) is 11.6. The molecule has 0 unspecified atom stereocenters. The van der Waals surface area contributed by atoms with Gasteiger partial charge in [-0.3, -0.25) is 0 Å². The number of hydrogen-bond acceptors (Lipinski definition) is 3. The molecule has 0 aliphatic carbocycles. The maximum atomic E-state index is 5.11. The third-order valence-electron chi connectivity index (χ3n) is 2.45. The van der Waals surface area contributed by atoms with Crippen molar-refractivity contribution < 1.29 is 4.74 Å². The molecule has 1 rings (SSSR count). The Morgan fingerprint density at radius 3 is 2.17 bits per heavy atom. The first kappa shape index (κ1) is 19.9. The van der Waals surface area contributed by atoms with Crippen LogP contribution in [0.15, 0.2) is 24.3 Å². The zero-order valence-corrected chi connectivity index (χ0v) is 12.7. The molecular formula is C13H24Cl2N2O. The van der Waals surface area contributed by atoms with Gasteiger partial charge < -0.3 is 15.4 Å². The second-order valence-electron chi connectivity index (χ2n) is 3.73. The minimum atomic E-state index is 0. The van der Waals surface area contributed by atoms with Gasteiger partial charge in [-0.05, 0) is 43.8 Å². The lowest BCUT2D eigenvalue weighted by Gasteiger charge is -2.06. The van der Waals surface area contributed by atoms with Crippen LogP contribution in [0, 0.1) is 0 Å². The summed E-state index contributed by atoms with van der Waals surface area (Å²) in [6, 6.07) is 8.18. The minimum Gasteiger partial charge on any atom is -0.497 e. The number of rotatable bonds is 8. The number of ether oxygens (including phenoxy) is 1. The molecule has 0 atom stereocenters. The van der Waals surface area contributed by atoms with E-state index in [0.29, 0.717) is 0 Å². The molecular weight excluding hydrogens is 271 g/mol. The summed E-state index contributed by atoms with van der Waals surface area (Å²) in [5.74, 6) is 0.913. The van der Waals surface area contributed by atoms with E-state index in [-0.39, 0.29) is 24.8 Å². The molecule has 0 radical (unpaired) electrons. The zero-order valence-electron chi connectivity index (χ0n) is 11.1. The van der Waals surface area contributed by atoms with Crippen molar-refractivity contribution in [3.05, 3.63) is 29.8 Å². The molecule has 0 bridgehead atoms. The van der Waals surface area contributed by atoms with Gasteiger partial charge in [-0.2, -0.15) is 0 Å². The van der Waals surface area contributed by atoms with Gasteiger partial charge in [0.2, 0.25) is 0 Å². The van der Waals surface area contributed by atoms with Crippen molar-refractivity contribution in [1.29, 1.82) is 0 Å². The molecule has 18 heavy (non-hydrogen) atoms. The Kier molecular flexibility index (Phi) is 14.3. The van der Waals surface area contributed by atoms with Gasteiger partial charge >= 0.3 is 0 Å². The summed E-state index contributed by atoms with van der Waals surface area (Å²) < 4.78 is 5.11. The molecule has 0 saturated carbocycles. The smallest absolute Gasteiger partial charge is 0.118 e. The number of methoxy groups -OCH3 is 1. The predicted octanol–water partition coefficient (Wildman–Crippen LogP) is 2.63. The van der Waals surface area contributed by atoms with Gasteiger partial charge in [-0.25, -0.2) is 0 Å². The lowest BCUT2D eigenvalue weighted by molar-refractivity contribution is 0.414. The lowest BCUT2D eigenvalue weighted by Crippen LogP contribution is -2.21. The van der Waals surface area contributed by atoms with Crippen molar-refractivity contribution in [3.8, 4) is 5.75 Å². The monoisotopic (exact) mass is 294 g/mol. The molecule has 0 fully saturated rings. The maximum Gasteiger partial charge on any atom is 0.118 e. The average molecular weight is 295 g/mol. The Morgan fingerprint density at radius 1 is 1.00 bits per heavy atom. The van der Waals surface area contributed by atoms with Gasteiger partial charge in [0, 0.05) is 6.54 Å². The molecule has 3 nitrogen and oxygen atoms in total. The largest absolute Gasteiger partial charge is 0.497 e. The van der Waals surface area contributed by atoms with Gasteiger partial charge in [-0.1, -0.05) is 19.1 Å². The molecule has 1 aromatic carbocycles. The summed E-state index contributed by atoms with van der Waals surface area (Å²) in [4.78, 5) is 0. The van der Waals surface area contributed by atoms with Crippen LogP contribution < -0.4 is 15.4 Å². The fraction of sp³-hybridized carbons (Fsp3) is 0.538. The third-order valence-corrected chi connectivity index (χ3v) is 2.45. The second-order valence-corrected chi connectivity index (χ2v) is 3.73. The van der Waals surface area contributed by atoms with Crippen molar-refractivity contribution >= 4 is 24.8 Å². The second kappa shape index (κ2) is 13.0. The molecule has 106 valence electrons. The first-order valence-corrected chi connectivity index (χ1v) is 5.91. The molecule has 5 heteroatoms. The van der Waals surface area contributed by atoms with Crippen LogP contribution in [0.2, 0.25) is 0 Å². The van der Waals surface area contributed by atoms with Gasteiger partial charge in [0.1, 0.15) is 5.75 Å². The number of hydrogen-bond donors (Lipinski definition) is 2. The Labute approximate surface area is 123 Å². The molecule has 2 N–H and O–H groups in total. The van der Waals surface area contributed by atoms with Crippen molar-refractivity contribution in [3.63, 3.8) is 0 Å². The van der Waals surface area contributed by atoms with E-state index in [1.54, 1.807) is 7.11 Å². The van der Waals surface area contributed by atoms with Crippen molar-refractivity contribution in [1.82, 2.24) is 10.6 Å². The summed E-state index contributed by atoms with van der Waals surface area (Å²) in [5.41, 5.74) is 1.30. The number of benzene rings is 1. The summed E-state index contributed by atoms with van der Waals surface area (Å²) >= 11 is 0. The Bertz CT molecular complexity index is 281. The van der Waals surface area contributed by atoms with Crippen LogP contribution in [0.5, 0.6) is 5.75 Å². The number of halogens is 2. The lowest BCUT2D eigenvalue weighted by atomic mass is 10.2. The van der Waals surface area contributed by atoms with Gasteiger partial charge in [0.25, 0.3) is 0 Å². The van der Waals surface area contributed by atoms with Crippen molar-refractivity contribution in [2.75, 3.05) is 26.7 Å². The van der Waals surface area contributed by atoms with Gasteiger partial charge in [-0.15, -0.1) is 24.8 Å². The van der Waals surface area contributed by atoms with E-state index in [1.165, 1.54) is 12.0 Å². The van der Waals surface area contributed by atoms with Crippen LogP contribution in [0.1, 0.15) is 18.9 Å². The van der Waals surface area contributed by atoms with Gasteiger partial charge in [0.05, 0.1) is 7.11 Å². The first-order valence-electron chi connectivity index (χ1n) is 5.91. The molecule has 0 amide bonds. The molecule has 0 aliphatic heterocycles. The molecule has 0 aromatic heterocycles. The standard InChI is InChI=1S/C13H22N2O.2ClH/c1-3-14-9-4-10-15-11-12-5-7-13(16-2)8-6-12;;/h5-8,14-15H,3-4,9-11H2,1-2H3;2*1H. The van der Waals surface area contributed by atoms with Crippen LogP contribution in [-0.4, -0.2) is 26.7 Å². The highest BCUT2D eigenvalue weighted by Gasteiger charge is 1.93. The molecule has 0 aliphatic rings. The fourth-order valence-corrected chi connectivity index (χ4v) is 1.49.